The van der Waals surface area contributed by atoms with Gasteiger partial charge in [0.1, 0.15) is 6.29 Å². The molecule has 0 radical (unpaired) electrons. The molecule has 6 nitrogen and oxygen atoms in total. The van der Waals surface area contributed by atoms with Gasteiger partial charge in [0.15, 0.2) is 0 Å². The molecule has 1 saturated carbocycles. The molecule has 3 N–H and O–H groups in total. The molecule has 1 heterocycles. The van der Waals surface area contributed by atoms with E-state index in [1.54, 1.807) is 0 Å². The highest BCUT2D eigenvalue weighted by Gasteiger charge is 2.60. The van der Waals surface area contributed by atoms with Crippen molar-refractivity contribution in [3.05, 3.63) is 0 Å². The molecule has 0 bridgehead atoms. The maximum absolute atomic E-state index is 10.7. The van der Waals surface area contributed by atoms with E-state index >= 15 is 0 Å². The molecule has 28 heavy (non-hydrogen) atoms. The van der Waals surface area contributed by atoms with E-state index in [-0.39, 0.29) is 11.9 Å². The first-order valence-electron chi connectivity index (χ1n) is 9.11. The Bertz CT molecular complexity index is 447. The number of rotatable bonds is 1. The molecular formula is C19H37F3N2O4. The zero-order valence-corrected chi connectivity index (χ0v) is 18.3. The van der Waals surface area contributed by atoms with Crippen LogP contribution in [-0.2, 0) is 14.4 Å². The van der Waals surface area contributed by atoms with Gasteiger partial charge >= 0.3 is 12.1 Å². The molecule has 2 aliphatic rings. The lowest BCUT2D eigenvalue weighted by Crippen LogP contribution is -2.30. The summed E-state index contributed by atoms with van der Waals surface area (Å²) in [7, 11) is 2.22. The number of alkyl halides is 3. The Labute approximate surface area is 166 Å². The minimum atomic E-state index is -4.86. The average Bonchev–Trinajstić information content (AvgIpc) is 2.85. The zero-order chi connectivity index (χ0) is 23.3. The van der Waals surface area contributed by atoms with Crippen LogP contribution < -0.4 is 5.73 Å². The van der Waals surface area contributed by atoms with Crippen molar-refractivity contribution in [2.24, 2.45) is 28.4 Å². The SMILES string of the molecule is CC.CC(C)(C)CC=O.CN1CC2C(C1)C2(C)C.NC(=O)C(F)(F)F.O=CO. The Balaban J connectivity index is -0.000000304. The Morgan fingerprint density at radius 3 is 1.54 bits per heavy atom. The molecule has 1 aliphatic carbocycles. The van der Waals surface area contributed by atoms with Gasteiger partial charge in [0, 0.05) is 19.5 Å². The van der Waals surface area contributed by atoms with Gasteiger partial charge in [0.05, 0.1) is 0 Å². The van der Waals surface area contributed by atoms with E-state index in [1.165, 1.54) is 13.1 Å². The molecule has 1 aliphatic heterocycles. The van der Waals surface area contributed by atoms with E-state index in [0.29, 0.717) is 11.8 Å². The molecule has 0 aromatic carbocycles. The maximum Gasteiger partial charge on any atom is 0.470 e. The molecule has 168 valence electrons. The minimum Gasteiger partial charge on any atom is -0.483 e. The monoisotopic (exact) mass is 414 g/mol. The average molecular weight is 415 g/mol. The largest absolute Gasteiger partial charge is 0.483 e. The Morgan fingerprint density at radius 1 is 1.14 bits per heavy atom. The normalized spacial score (nSPS) is 21.4. The summed E-state index contributed by atoms with van der Waals surface area (Å²) in [5, 5.41) is 6.89. The third-order valence-electron chi connectivity index (χ3n) is 4.28. The van der Waals surface area contributed by atoms with Crippen LogP contribution >= 0.6 is 0 Å². The fourth-order valence-corrected chi connectivity index (χ4v) is 2.58. The standard InChI is InChI=1S/C8H15N.C6H12O.C2H2F3NO.C2H6.CH2O2/c1-8(2)6-4-9(3)5-7(6)8;1-6(2,3)4-5-7;3-2(4,5)1(6)7;1-2;2-1-3/h6-7H,4-5H2,1-3H3;5H,4H2,1-3H3;(H2,6,7);1-2H3;1H,(H,2,3). The summed E-state index contributed by atoms with van der Waals surface area (Å²) in [6.07, 6.45) is -3.24. The zero-order valence-electron chi connectivity index (χ0n) is 18.3. The maximum atomic E-state index is 10.7. The second-order valence-electron chi connectivity index (χ2n) is 8.15. The number of carbonyl (C=O) groups excluding carboxylic acids is 2. The van der Waals surface area contributed by atoms with Gasteiger partial charge < -0.3 is 20.5 Å². The van der Waals surface area contributed by atoms with Gasteiger partial charge in [0.2, 0.25) is 0 Å². The molecule has 2 fully saturated rings. The van der Waals surface area contributed by atoms with Gasteiger partial charge in [-0.15, -0.1) is 0 Å². The topological polar surface area (TPSA) is 101 Å². The molecule has 0 aromatic rings. The number of aldehydes is 1. The van der Waals surface area contributed by atoms with Gasteiger partial charge in [-0.3, -0.25) is 9.59 Å². The first-order chi connectivity index (χ1) is 12.5. The third kappa shape index (κ3) is 14.4. The number of fused-ring (bicyclic) bond motifs is 1. The Morgan fingerprint density at radius 2 is 1.43 bits per heavy atom. The van der Waals surface area contributed by atoms with Gasteiger partial charge in [-0.05, 0) is 29.7 Å². The summed E-state index contributed by atoms with van der Waals surface area (Å²) in [4.78, 5) is 29.7. The molecule has 0 aromatic heterocycles. The smallest absolute Gasteiger partial charge is 0.470 e. The van der Waals surface area contributed by atoms with Crippen molar-refractivity contribution >= 4 is 18.7 Å². The minimum absolute atomic E-state index is 0.182. The van der Waals surface area contributed by atoms with Crippen molar-refractivity contribution in [1.29, 1.82) is 0 Å². The van der Waals surface area contributed by atoms with Crippen molar-refractivity contribution < 1.29 is 32.7 Å². The molecule has 2 atom stereocenters. The summed E-state index contributed by atoms with van der Waals surface area (Å²) in [6.45, 7) is 17.4. The van der Waals surface area contributed by atoms with Crippen LogP contribution in [-0.4, -0.2) is 55.0 Å². The van der Waals surface area contributed by atoms with Gasteiger partial charge in [-0.25, -0.2) is 0 Å². The van der Waals surface area contributed by atoms with Crippen molar-refractivity contribution in [2.45, 2.75) is 61.1 Å². The van der Waals surface area contributed by atoms with Crippen LogP contribution in [0.1, 0.15) is 54.9 Å². The van der Waals surface area contributed by atoms with Crippen LogP contribution in [0.3, 0.4) is 0 Å². The fourth-order valence-electron chi connectivity index (χ4n) is 2.58. The van der Waals surface area contributed by atoms with Gasteiger partial charge in [-0.1, -0.05) is 48.5 Å². The van der Waals surface area contributed by atoms with E-state index < -0.39 is 12.1 Å². The van der Waals surface area contributed by atoms with Gasteiger partial charge in [0.25, 0.3) is 6.47 Å². The fraction of sp³-hybridized carbons (Fsp3) is 0.842. The van der Waals surface area contributed by atoms with Crippen molar-refractivity contribution in [3.8, 4) is 0 Å². The summed E-state index contributed by atoms with van der Waals surface area (Å²) < 4.78 is 32.1. The lowest BCUT2D eigenvalue weighted by Gasteiger charge is -2.15. The van der Waals surface area contributed by atoms with Crippen LogP contribution in [0, 0.1) is 22.7 Å². The van der Waals surface area contributed by atoms with Crippen molar-refractivity contribution in [3.63, 3.8) is 0 Å². The summed E-state index contributed by atoms with van der Waals surface area (Å²) >= 11 is 0. The molecule has 2 rings (SSSR count). The number of piperidine rings is 1. The molecule has 1 amide bonds. The number of carbonyl (C=O) groups is 3. The number of carboxylic acid groups (broad SMARTS) is 1. The number of halogens is 3. The van der Waals surface area contributed by atoms with Crippen LogP contribution in [0.15, 0.2) is 0 Å². The van der Waals surface area contributed by atoms with Crippen LogP contribution in [0.5, 0.6) is 0 Å². The first-order valence-corrected chi connectivity index (χ1v) is 9.11. The molecule has 2 unspecified atom stereocenters. The summed E-state index contributed by atoms with van der Waals surface area (Å²) in [5.74, 6) is -0.197. The van der Waals surface area contributed by atoms with Crippen molar-refractivity contribution in [2.75, 3.05) is 20.1 Å². The molecule has 1 saturated heterocycles. The number of hydrogen-bond donors (Lipinski definition) is 2. The van der Waals surface area contributed by atoms with Gasteiger partial charge in [-0.2, -0.15) is 13.2 Å². The highest BCUT2D eigenvalue weighted by atomic mass is 19.4. The molecule has 0 spiro atoms. The van der Waals surface area contributed by atoms with E-state index in [0.717, 1.165) is 18.1 Å². The number of hydrogen-bond acceptors (Lipinski definition) is 4. The number of primary amides is 1. The van der Waals surface area contributed by atoms with Crippen LogP contribution in [0.4, 0.5) is 13.2 Å². The second-order valence-corrected chi connectivity index (χ2v) is 8.15. The van der Waals surface area contributed by atoms with E-state index in [9.17, 15) is 18.0 Å². The van der Waals surface area contributed by atoms with E-state index in [2.05, 4.69) is 31.5 Å². The summed E-state index contributed by atoms with van der Waals surface area (Å²) in [6, 6.07) is 0. The summed E-state index contributed by atoms with van der Waals surface area (Å²) in [5.41, 5.74) is 4.69. The Kier molecular flexibility index (Phi) is 15.0. The van der Waals surface area contributed by atoms with Crippen LogP contribution in [0.25, 0.3) is 0 Å². The highest BCUT2D eigenvalue weighted by Crippen LogP contribution is 2.61. The second kappa shape index (κ2) is 13.5. The quantitative estimate of drug-likeness (QED) is 0.639. The number of nitrogens with two attached hydrogens (primary N) is 1. The Hall–Kier alpha value is -1.64. The highest BCUT2D eigenvalue weighted by molar-refractivity contribution is 5.79. The lowest BCUT2D eigenvalue weighted by atomic mass is 9.93. The van der Waals surface area contributed by atoms with Crippen molar-refractivity contribution in [1.82, 2.24) is 4.90 Å². The predicted octanol–water partition coefficient (Wildman–Crippen LogP) is 3.59. The first kappa shape index (κ1) is 31.1. The third-order valence-corrected chi connectivity index (χ3v) is 4.28. The molecular weight excluding hydrogens is 377 g/mol. The number of nitrogens with zero attached hydrogens (tertiary/aromatic N) is 1. The van der Waals surface area contributed by atoms with E-state index in [4.69, 9.17) is 14.7 Å². The number of likely N-dealkylation sites (tertiary alicyclic amines) is 1. The number of amides is 1. The lowest BCUT2D eigenvalue weighted by molar-refractivity contribution is -0.169. The predicted molar refractivity (Wildman–Crippen MR) is 104 cm³/mol. The van der Waals surface area contributed by atoms with Crippen LogP contribution in [0.2, 0.25) is 0 Å². The molecule has 9 heteroatoms. The van der Waals surface area contributed by atoms with E-state index in [1.807, 2.05) is 34.6 Å².